The second-order valence-corrected chi connectivity index (χ2v) is 5.77. The zero-order valence-corrected chi connectivity index (χ0v) is 14.7. The first-order valence-corrected chi connectivity index (χ1v) is 7.91. The van der Waals surface area contributed by atoms with Crippen LogP contribution in [-0.2, 0) is 6.42 Å². The second-order valence-electron chi connectivity index (χ2n) is 5.77. The van der Waals surface area contributed by atoms with E-state index in [1.165, 1.54) is 19.0 Å². The number of hydrogen-bond donors (Lipinski definition) is 1. The van der Waals surface area contributed by atoms with Gasteiger partial charge in [0.15, 0.2) is 0 Å². The minimum atomic E-state index is -0.782. The van der Waals surface area contributed by atoms with Gasteiger partial charge in [0.05, 0.1) is 22.1 Å². The number of benzene rings is 2. The van der Waals surface area contributed by atoms with E-state index in [4.69, 9.17) is 4.74 Å². The van der Waals surface area contributed by atoms with Gasteiger partial charge in [0, 0.05) is 32.6 Å². The Morgan fingerprint density at radius 2 is 1.63 bits per heavy atom. The SMILES string of the molecule is CN(C)C(=O)Nc1cc([N+](=O)[O-])c(OCCc2ccccc2)c([N+](=O)[O-])c1. The first-order valence-electron chi connectivity index (χ1n) is 7.91. The van der Waals surface area contributed by atoms with Gasteiger partial charge >= 0.3 is 17.4 Å². The number of nitro groups is 2. The summed E-state index contributed by atoms with van der Waals surface area (Å²) in [6.07, 6.45) is 0.425. The van der Waals surface area contributed by atoms with Gasteiger partial charge in [-0.15, -0.1) is 0 Å². The molecule has 10 nitrogen and oxygen atoms in total. The number of ether oxygens (including phenoxy) is 1. The van der Waals surface area contributed by atoms with Crippen LogP contribution in [0.4, 0.5) is 21.9 Å². The number of carbonyl (C=O) groups excluding carboxylic acids is 1. The molecule has 0 aliphatic carbocycles. The fourth-order valence-corrected chi connectivity index (χ4v) is 2.24. The molecule has 0 aliphatic heterocycles. The molecule has 0 bridgehead atoms. The average molecular weight is 374 g/mol. The third-order valence-electron chi connectivity index (χ3n) is 3.58. The summed E-state index contributed by atoms with van der Waals surface area (Å²) >= 11 is 0. The first kappa shape index (κ1) is 19.6. The minimum Gasteiger partial charge on any atom is -0.482 e. The number of amides is 2. The molecule has 0 aromatic heterocycles. The molecule has 0 saturated carbocycles. The van der Waals surface area contributed by atoms with Gasteiger partial charge in [-0.05, 0) is 5.56 Å². The Morgan fingerprint density at radius 3 is 2.11 bits per heavy atom. The van der Waals surface area contributed by atoms with Crippen LogP contribution in [0, 0.1) is 20.2 Å². The lowest BCUT2D eigenvalue weighted by molar-refractivity contribution is -0.395. The highest BCUT2D eigenvalue weighted by atomic mass is 16.6. The number of anilines is 1. The monoisotopic (exact) mass is 374 g/mol. The Hall–Kier alpha value is -3.69. The summed E-state index contributed by atoms with van der Waals surface area (Å²) in [5.74, 6) is -0.441. The zero-order valence-electron chi connectivity index (χ0n) is 14.7. The topological polar surface area (TPSA) is 128 Å². The number of urea groups is 1. The van der Waals surface area contributed by atoms with E-state index < -0.39 is 33.0 Å². The molecule has 142 valence electrons. The van der Waals surface area contributed by atoms with Gasteiger partial charge in [0.2, 0.25) is 0 Å². The molecule has 27 heavy (non-hydrogen) atoms. The third-order valence-corrected chi connectivity index (χ3v) is 3.58. The molecule has 0 unspecified atom stereocenters. The Balaban J connectivity index is 2.31. The molecule has 2 amide bonds. The van der Waals surface area contributed by atoms with E-state index in [1.807, 2.05) is 30.3 Å². The maximum atomic E-state index is 11.7. The van der Waals surface area contributed by atoms with Crippen LogP contribution in [0.3, 0.4) is 0 Å². The molecule has 0 fully saturated rings. The lowest BCUT2D eigenvalue weighted by Gasteiger charge is -2.13. The maximum Gasteiger partial charge on any atom is 0.321 e. The highest BCUT2D eigenvalue weighted by Gasteiger charge is 2.29. The van der Waals surface area contributed by atoms with E-state index in [-0.39, 0.29) is 12.3 Å². The summed E-state index contributed by atoms with van der Waals surface area (Å²) in [5.41, 5.74) is -0.321. The van der Waals surface area contributed by atoms with Crippen molar-refractivity contribution < 1.29 is 19.4 Å². The van der Waals surface area contributed by atoms with E-state index >= 15 is 0 Å². The third kappa shape index (κ3) is 5.14. The molecule has 0 heterocycles. The van der Waals surface area contributed by atoms with Crippen molar-refractivity contribution in [3.8, 4) is 5.75 Å². The fraction of sp³-hybridized carbons (Fsp3) is 0.235. The van der Waals surface area contributed by atoms with E-state index in [2.05, 4.69) is 5.32 Å². The number of carbonyl (C=O) groups is 1. The Labute approximate surface area is 154 Å². The van der Waals surface area contributed by atoms with Gasteiger partial charge in [-0.3, -0.25) is 20.2 Å². The van der Waals surface area contributed by atoms with Crippen molar-refractivity contribution in [3.05, 3.63) is 68.3 Å². The van der Waals surface area contributed by atoms with Gasteiger partial charge < -0.3 is 15.0 Å². The molecule has 0 atom stereocenters. The molecule has 2 rings (SSSR count). The number of nitrogens with one attached hydrogen (secondary N) is 1. The summed E-state index contributed by atoms with van der Waals surface area (Å²) in [6.45, 7) is 0.0229. The van der Waals surface area contributed by atoms with Crippen molar-refractivity contribution in [1.29, 1.82) is 0 Å². The standard InChI is InChI=1S/C17H18N4O6/c1-19(2)17(22)18-13-10-14(20(23)24)16(15(11-13)21(25)26)27-9-8-12-6-4-3-5-7-12/h3-7,10-11H,8-9H2,1-2H3,(H,18,22). The van der Waals surface area contributed by atoms with Crippen molar-refractivity contribution in [2.45, 2.75) is 6.42 Å². The molecule has 0 saturated heterocycles. The fourth-order valence-electron chi connectivity index (χ4n) is 2.24. The van der Waals surface area contributed by atoms with Crippen LogP contribution in [-0.4, -0.2) is 41.5 Å². The first-order chi connectivity index (χ1) is 12.8. The molecular formula is C17H18N4O6. The number of hydrogen-bond acceptors (Lipinski definition) is 6. The normalized spacial score (nSPS) is 10.1. The quantitative estimate of drug-likeness (QED) is 0.585. The largest absolute Gasteiger partial charge is 0.482 e. The Kier molecular flexibility index (Phi) is 6.26. The molecule has 2 aromatic carbocycles. The Bertz CT molecular complexity index is 819. The average Bonchev–Trinajstić information content (AvgIpc) is 2.62. The van der Waals surface area contributed by atoms with Crippen molar-refractivity contribution in [3.63, 3.8) is 0 Å². The van der Waals surface area contributed by atoms with Gasteiger partial charge in [-0.2, -0.15) is 0 Å². The molecular weight excluding hydrogens is 356 g/mol. The van der Waals surface area contributed by atoms with Crippen molar-refractivity contribution in [2.75, 3.05) is 26.0 Å². The predicted molar refractivity (Wildman–Crippen MR) is 98.1 cm³/mol. The van der Waals surface area contributed by atoms with E-state index in [9.17, 15) is 25.0 Å². The molecule has 0 spiro atoms. The number of nitro benzene ring substituents is 2. The zero-order chi connectivity index (χ0) is 20.0. The Morgan fingerprint density at radius 1 is 1.07 bits per heavy atom. The van der Waals surface area contributed by atoms with Crippen LogP contribution < -0.4 is 10.1 Å². The maximum absolute atomic E-state index is 11.7. The highest BCUT2D eigenvalue weighted by molar-refractivity contribution is 5.90. The smallest absolute Gasteiger partial charge is 0.321 e. The molecule has 10 heteroatoms. The van der Waals surface area contributed by atoms with Crippen LogP contribution in [0.5, 0.6) is 5.75 Å². The van der Waals surface area contributed by atoms with Gasteiger partial charge in [0.25, 0.3) is 5.75 Å². The molecule has 2 aromatic rings. The second kappa shape index (κ2) is 8.61. The highest BCUT2D eigenvalue weighted by Crippen LogP contribution is 2.39. The van der Waals surface area contributed by atoms with Crippen molar-refractivity contribution in [1.82, 2.24) is 4.90 Å². The predicted octanol–water partition coefficient (Wildman–Crippen LogP) is 3.22. The van der Waals surface area contributed by atoms with Crippen molar-refractivity contribution in [2.24, 2.45) is 0 Å². The van der Waals surface area contributed by atoms with Crippen LogP contribution in [0.1, 0.15) is 5.56 Å². The van der Waals surface area contributed by atoms with Gasteiger partial charge in [0.1, 0.15) is 0 Å². The summed E-state index contributed by atoms with van der Waals surface area (Å²) in [5, 5.41) is 25.1. The van der Waals surface area contributed by atoms with Crippen LogP contribution in [0.15, 0.2) is 42.5 Å². The van der Waals surface area contributed by atoms with E-state index in [1.54, 1.807) is 0 Å². The molecule has 0 radical (unpaired) electrons. The number of nitrogens with zero attached hydrogens (tertiary/aromatic N) is 3. The molecule has 1 N–H and O–H groups in total. The number of rotatable bonds is 7. The summed E-state index contributed by atoms with van der Waals surface area (Å²) in [7, 11) is 2.94. The lowest BCUT2D eigenvalue weighted by atomic mass is 10.2. The summed E-state index contributed by atoms with van der Waals surface area (Å²) < 4.78 is 5.40. The van der Waals surface area contributed by atoms with Gasteiger partial charge in [-0.1, -0.05) is 30.3 Å². The molecule has 0 aliphatic rings. The van der Waals surface area contributed by atoms with E-state index in [0.717, 1.165) is 17.7 Å². The summed E-state index contributed by atoms with van der Waals surface area (Å²) in [6, 6.07) is 10.7. The van der Waals surface area contributed by atoms with Gasteiger partial charge in [-0.25, -0.2) is 4.79 Å². The summed E-state index contributed by atoms with van der Waals surface area (Å²) in [4.78, 5) is 34.1. The minimum absolute atomic E-state index is 0.0229. The van der Waals surface area contributed by atoms with Crippen molar-refractivity contribution >= 4 is 23.1 Å². The van der Waals surface area contributed by atoms with E-state index in [0.29, 0.717) is 6.42 Å². The van der Waals surface area contributed by atoms with Crippen LogP contribution in [0.25, 0.3) is 0 Å². The lowest BCUT2D eigenvalue weighted by Crippen LogP contribution is -2.27. The van der Waals surface area contributed by atoms with Crippen LogP contribution >= 0.6 is 0 Å². The van der Waals surface area contributed by atoms with Crippen LogP contribution in [0.2, 0.25) is 0 Å².